The molecule has 0 aliphatic carbocycles. The molecule has 6 heteroatoms. The van der Waals surface area contributed by atoms with Crippen LogP contribution in [0.15, 0.2) is 29.4 Å². The van der Waals surface area contributed by atoms with Gasteiger partial charge in [0.1, 0.15) is 17.5 Å². The van der Waals surface area contributed by atoms with Gasteiger partial charge < -0.3 is 5.73 Å². The highest BCUT2D eigenvalue weighted by Crippen LogP contribution is 2.28. The summed E-state index contributed by atoms with van der Waals surface area (Å²) in [5.74, 6) is 1.00. The van der Waals surface area contributed by atoms with E-state index in [1.54, 1.807) is 0 Å². The number of nitrogens with zero attached hydrogens (tertiary/aromatic N) is 3. The van der Waals surface area contributed by atoms with E-state index in [0.29, 0.717) is 22.2 Å². The molecule has 1 aromatic carbocycles. The third kappa shape index (κ3) is 3.66. The van der Waals surface area contributed by atoms with Crippen LogP contribution in [0, 0.1) is 11.3 Å². The molecule has 0 saturated carbocycles. The van der Waals surface area contributed by atoms with Gasteiger partial charge in [0.2, 0.25) is 0 Å². The maximum Gasteiger partial charge on any atom is 0.190 e. The van der Waals surface area contributed by atoms with Crippen molar-refractivity contribution < 1.29 is 0 Å². The first-order valence-corrected chi connectivity index (χ1v) is 7.83. The molecule has 0 aliphatic rings. The van der Waals surface area contributed by atoms with E-state index >= 15 is 0 Å². The molecular formula is C15H15ClN4S. The minimum absolute atomic E-state index is 0.115. The first-order valence-electron chi connectivity index (χ1n) is 6.46. The van der Waals surface area contributed by atoms with Crippen molar-refractivity contribution >= 4 is 29.2 Å². The van der Waals surface area contributed by atoms with Gasteiger partial charge in [0, 0.05) is 10.8 Å². The van der Waals surface area contributed by atoms with Crippen molar-refractivity contribution in [2.45, 2.75) is 30.7 Å². The Balaban J connectivity index is 2.26. The fourth-order valence-corrected chi connectivity index (χ4v) is 2.97. The van der Waals surface area contributed by atoms with Crippen molar-refractivity contribution in [3.63, 3.8) is 0 Å². The number of rotatable bonds is 4. The van der Waals surface area contributed by atoms with Crippen LogP contribution >= 0.6 is 23.4 Å². The zero-order valence-electron chi connectivity index (χ0n) is 11.8. The third-order valence-corrected chi connectivity index (χ3v) is 4.18. The van der Waals surface area contributed by atoms with Crippen molar-refractivity contribution in [3.8, 4) is 6.07 Å². The van der Waals surface area contributed by atoms with Crippen LogP contribution in [0.25, 0.3) is 0 Å². The van der Waals surface area contributed by atoms with E-state index in [2.05, 4.69) is 16.0 Å². The number of nitrogen functional groups attached to an aromatic ring is 1. The summed E-state index contributed by atoms with van der Waals surface area (Å²) in [4.78, 5) is 8.65. The van der Waals surface area contributed by atoms with Crippen LogP contribution in [0.1, 0.15) is 36.6 Å². The van der Waals surface area contributed by atoms with Gasteiger partial charge in [-0.3, -0.25) is 0 Å². The second-order valence-electron chi connectivity index (χ2n) is 4.80. The molecule has 2 rings (SSSR count). The lowest BCUT2D eigenvalue weighted by molar-refractivity contribution is 0.776. The van der Waals surface area contributed by atoms with Gasteiger partial charge in [-0.2, -0.15) is 5.26 Å². The molecule has 0 radical (unpaired) electrons. The number of hydrogen-bond donors (Lipinski definition) is 1. The Bertz CT molecular complexity index is 695. The fraction of sp³-hybridized carbons (Fsp3) is 0.267. The van der Waals surface area contributed by atoms with E-state index in [4.69, 9.17) is 22.6 Å². The molecule has 0 aliphatic heterocycles. The molecule has 0 amide bonds. The molecule has 0 bridgehead atoms. The summed E-state index contributed by atoms with van der Waals surface area (Å²) in [6, 6.07) is 9.72. The van der Waals surface area contributed by atoms with Gasteiger partial charge in [0.05, 0.1) is 5.69 Å². The zero-order valence-corrected chi connectivity index (χ0v) is 13.4. The number of halogens is 1. The lowest BCUT2D eigenvalue weighted by Crippen LogP contribution is -2.06. The van der Waals surface area contributed by atoms with Gasteiger partial charge in [-0.05, 0) is 17.5 Å². The summed E-state index contributed by atoms with van der Waals surface area (Å²) in [5.41, 5.74) is 7.93. The number of nitriles is 1. The molecule has 0 saturated heterocycles. The Morgan fingerprint density at radius 1 is 1.33 bits per heavy atom. The Hall–Kier alpha value is -1.77. The van der Waals surface area contributed by atoms with Gasteiger partial charge in [0.25, 0.3) is 0 Å². The topological polar surface area (TPSA) is 75.6 Å². The standard InChI is InChI=1S/C15H15ClN4S/c1-9(2)13-11(7-17)14(18)20-15(19-13)21-8-10-5-3-4-6-12(10)16/h3-6,9H,8H2,1-2H3,(H2,18,19,20). The van der Waals surface area contributed by atoms with Gasteiger partial charge in [-0.1, -0.05) is 55.4 Å². The first-order chi connectivity index (χ1) is 10.0. The Kier molecular flexibility index (Phi) is 5.05. The summed E-state index contributed by atoms with van der Waals surface area (Å²) in [5, 5.41) is 10.4. The molecule has 1 heterocycles. The number of nitrogens with two attached hydrogens (primary N) is 1. The molecule has 108 valence electrons. The molecule has 0 spiro atoms. The summed E-state index contributed by atoms with van der Waals surface area (Å²) in [6.45, 7) is 3.95. The highest BCUT2D eigenvalue weighted by molar-refractivity contribution is 7.98. The van der Waals surface area contributed by atoms with Crippen molar-refractivity contribution in [1.29, 1.82) is 5.26 Å². The Labute approximate surface area is 133 Å². The summed E-state index contributed by atoms with van der Waals surface area (Å²) < 4.78 is 0. The van der Waals surface area contributed by atoms with Crippen LogP contribution in [-0.4, -0.2) is 9.97 Å². The second kappa shape index (κ2) is 6.79. The molecular weight excluding hydrogens is 304 g/mol. The number of thioether (sulfide) groups is 1. The maximum atomic E-state index is 9.15. The zero-order chi connectivity index (χ0) is 15.4. The molecule has 4 nitrogen and oxygen atoms in total. The van der Waals surface area contributed by atoms with Crippen molar-refractivity contribution in [2.75, 3.05) is 5.73 Å². The predicted molar refractivity (Wildman–Crippen MR) is 86.3 cm³/mol. The molecule has 0 fully saturated rings. The highest BCUT2D eigenvalue weighted by atomic mass is 35.5. The van der Waals surface area contributed by atoms with Crippen molar-refractivity contribution in [1.82, 2.24) is 9.97 Å². The highest BCUT2D eigenvalue weighted by Gasteiger charge is 2.15. The number of hydrogen-bond acceptors (Lipinski definition) is 5. The van der Waals surface area contributed by atoms with Gasteiger partial charge >= 0.3 is 0 Å². The molecule has 21 heavy (non-hydrogen) atoms. The minimum atomic E-state index is 0.115. The fourth-order valence-electron chi connectivity index (χ4n) is 1.83. The van der Waals surface area contributed by atoms with Crippen molar-refractivity contribution in [3.05, 3.63) is 46.1 Å². The smallest absolute Gasteiger partial charge is 0.190 e. The monoisotopic (exact) mass is 318 g/mol. The number of anilines is 1. The van der Waals surface area contributed by atoms with E-state index in [0.717, 1.165) is 10.6 Å². The minimum Gasteiger partial charge on any atom is -0.382 e. The van der Waals surface area contributed by atoms with E-state index in [-0.39, 0.29) is 11.7 Å². The van der Waals surface area contributed by atoms with E-state index < -0.39 is 0 Å². The average molecular weight is 319 g/mol. The SMILES string of the molecule is CC(C)c1nc(SCc2ccccc2Cl)nc(N)c1C#N. The second-order valence-corrected chi connectivity index (χ2v) is 6.15. The predicted octanol–water partition coefficient (Wildman–Crippen LogP) is 4.00. The quantitative estimate of drug-likeness (QED) is 0.681. The Morgan fingerprint density at radius 3 is 2.67 bits per heavy atom. The van der Waals surface area contributed by atoms with Crippen LogP contribution in [0.2, 0.25) is 5.02 Å². The normalized spacial score (nSPS) is 10.6. The molecule has 2 aromatic rings. The molecule has 0 atom stereocenters. The van der Waals surface area contributed by atoms with Crippen LogP contribution < -0.4 is 5.73 Å². The van der Waals surface area contributed by atoms with E-state index in [1.165, 1.54) is 11.8 Å². The molecule has 2 N–H and O–H groups in total. The first kappa shape index (κ1) is 15.6. The molecule has 1 aromatic heterocycles. The van der Waals surface area contributed by atoms with Gasteiger partial charge in [-0.15, -0.1) is 0 Å². The summed E-state index contributed by atoms with van der Waals surface area (Å²) in [6.07, 6.45) is 0. The Morgan fingerprint density at radius 2 is 2.05 bits per heavy atom. The number of benzene rings is 1. The largest absolute Gasteiger partial charge is 0.382 e. The average Bonchev–Trinajstić information content (AvgIpc) is 2.45. The van der Waals surface area contributed by atoms with Gasteiger partial charge in [-0.25, -0.2) is 9.97 Å². The number of aromatic nitrogens is 2. The lowest BCUT2D eigenvalue weighted by Gasteiger charge is -2.11. The van der Waals surface area contributed by atoms with Crippen molar-refractivity contribution in [2.24, 2.45) is 0 Å². The maximum absolute atomic E-state index is 9.15. The van der Waals surface area contributed by atoms with E-state index in [1.807, 2.05) is 38.1 Å². The summed E-state index contributed by atoms with van der Waals surface area (Å²) in [7, 11) is 0. The third-order valence-electron chi connectivity index (χ3n) is 2.92. The van der Waals surface area contributed by atoms with Crippen LogP contribution in [0.5, 0.6) is 0 Å². The van der Waals surface area contributed by atoms with E-state index in [9.17, 15) is 0 Å². The summed E-state index contributed by atoms with van der Waals surface area (Å²) >= 11 is 7.59. The van der Waals surface area contributed by atoms with Crippen LogP contribution in [-0.2, 0) is 5.75 Å². The van der Waals surface area contributed by atoms with Crippen LogP contribution in [0.3, 0.4) is 0 Å². The lowest BCUT2D eigenvalue weighted by atomic mass is 10.1. The van der Waals surface area contributed by atoms with Gasteiger partial charge in [0.15, 0.2) is 5.16 Å². The van der Waals surface area contributed by atoms with Crippen LogP contribution in [0.4, 0.5) is 5.82 Å². The molecule has 0 unspecified atom stereocenters.